The molecule has 1 aromatic rings. The molecule has 0 bridgehead atoms. The molecule has 0 aromatic heterocycles. The SMILES string of the molecule is Nc1cc(C(O)C(O)CCS)ccc1Cl. The van der Waals surface area contributed by atoms with Gasteiger partial charge in [0.2, 0.25) is 0 Å². The van der Waals surface area contributed by atoms with Crippen LogP contribution in [0, 0.1) is 0 Å². The Morgan fingerprint density at radius 1 is 1.40 bits per heavy atom. The predicted molar refractivity (Wildman–Crippen MR) is 65.3 cm³/mol. The Bertz CT molecular complexity index is 335. The summed E-state index contributed by atoms with van der Waals surface area (Å²) < 4.78 is 0. The summed E-state index contributed by atoms with van der Waals surface area (Å²) in [4.78, 5) is 0. The molecule has 3 nitrogen and oxygen atoms in total. The molecule has 15 heavy (non-hydrogen) atoms. The van der Waals surface area contributed by atoms with E-state index < -0.39 is 12.2 Å². The number of nitrogens with two attached hydrogens (primary N) is 1. The number of benzene rings is 1. The van der Waals surface area contributed by atoms with E-state index >= 15 is 0 Å². The number of rotatable bonds is 4. The van der Waals surface area contributed by atoms with Gasteiger partial charge in [-0.25, -0.2) is 0 Å². The second kappa shape index (κ2) is 5.61. The summed E-state index contributed by atoms with van der Waals surface area (Å²) in [6, 6.07) is 4.81. The molecule has 0 spiro atoms. The largest absolute Gasteiger partial charge is 0.398 e. The quantitative estimate of drug-likeness (QED) is 0.483. The Balaban J connectivity index is 2.81. The molecule has 1 aromatic carbocycles. The van der Waals surface area contributed by atoms with E-state index in [-0.39, 0.29) is 0 Å². The van der Waals surface area contributed by atoms with Crippen LogP contribution in [0.4, 0.5) is 5.69 Å². The molecule has 2 atom stereocenters. The molecule has 84 valence electrons. The minimum atomic E-state index is -0.947. The highest BCUT2D eigenvalue weighted by Crippen LogP contribution is 2.25. The van der Waals surface area contributed by atoms with Gasteiger partial charge < -0.3 is 15.9 Å². The minimum absolute atomic E-state index is 0.395. The summed E-state index contributed by atoms with van der Waals surface area (Å²) in [6.07, 6.45) is -1.35. The molecule has 1 rings (SSSR count). The van der Waals surface area contributed by atoms with Crippen molar-refractivity contribution in [2.75, 3.05) is 11.5 Å². The predicted octanol–water partition coefficient (Wildman–Crippen LogP) is 1.64. The first-order valence-corrected chi connectivity index (χ1v) is 5.59. The van der Waals surface area contributed by atoms with Gasteiger partial charge in [0.15, 0.2) is 0 Å². The van der Waals surface area contributed by atoms with Crippen molar-refractivity contribution in [2.45, 2.75) is 18.6 Å². The number of aliphatic hydroxyl groups excluding tert-OH is 2. The van der Waals surface area contributed by atoms with E-state index in [0.717, 1.165) is 0 Å². The zero-order valence-electron chi connectivity index (χ0n) is 8.10. The van der Waals surface area contributed by atoms with Crippen LogP contribution in [0.1, 0.15) is 18.1 Å². The van der Waals surface area contributed by atoms with Gasteiger partial charge in [-0.3, -0.25) is 0 Å². The molecule has 0 radical (unpaired) electrons. The van der Waals surface area contributed by atoms with Crippen LogP contribution in [0.15, 0.2) is 18.2 Å². The number of anilines is 1. The molecule has 0 aliphatic rings. The van der Waals surface area contributed by atoms with Crippen molar-refractivity contribution in [1.82, 2.24) is 0 Å². The van der Waals surface area contributed by atoms with Gasteiger partial charge in [-0.1, -0.05) is 17.7 Å². The zero-order valence-corrected chi connectivity index (χ0v) is 9.75. The van der Waals surface area contributed by atoms with Gasteiger partial charge in [-0.15, -0.1) is 0 Å². The number of nitrogen functional groups attached to an aromatic ring is 1. The Morgan fingerprint density at radius 3 is 2.60 bits per heavy atom. The van der Waals surface area contributed by atoms with E-state index in [1.54, 1.807) is 18.2 Å². The third-order valence-electron chi connectivity index (χ3n) is 2.15. The average Bonchev–Trinajstić information content (AvgIpc) is 2.21. The molecule has 2 unspecified atom stereocenters. The Morgan fingerprint density at radius 2 is 2.07 bits per heavy atom. The average molecular weight is 248 g/mol. The monoisotopic (exact) mass is 247 g/mol. The highest BCUT2D eigenvalue weighted by atomic mass is 35.5. The molecular formula is C10H14ClNO2S. The summed E-state index contributed by atoms with van der Waals surface area (Å²) >= 11 is 9.73. The van der Waals surface area contributed by atoms with E-state index in [1.807, 2.05) is 0 Å². The fourth-order valence-electron chi connectivity index (χ4n) is 1.26. The van der Waals surface area contributed by atoms with Crippen LogP contribution in [0.5, 0.6) is 0 Å². The third kappa shape index (κ3) is 3.28. The van der Waals surface area contributed by atoms with Gasteiger partial charge in [-0.2, -0.15) is 12.6 Å². The molecular weight excluding hydrogens is 234 g/mol. The summed E-state index contributed by atoms with van der Waals surface area (Å²) in [7, 11) is 0. The van der Waals surface area contributed by atoms with Crippen LogP contribution in [0.3, 0.4) is 0 Å². The zero-order chi connectivity index (χ0) is 11.4. The summed E-state index contributed by atoms with van der Waals surface area (Å²) in [5.41, 5.74) is 6.55. The molecule has 4 N–H and O–H groups in total. The first-order chi connectivity index (χ1) is 7.06. The van der Waals surface area contributed by atoms with Crippen molar-refractivity contribution in [3.63, 3.8) is 0 Å². The normalized spacial score (nSPS) is 14.9. The van der Waals surface area contributed by atoms with Crippen molar-refractivity contribution < 1.29 is 10.2 Å². The Kier molecular flexibility index (Phi) is 4.73. The van der Waals surface area contributed by atoms with Crippen LogP contribution in [-0.2, 0) is 0 Å². The fraction of sp³-hybridized carbons (Fsp3) is 0.400. The highest BCUT2D eigenvalue weighted by molar-refractivity contribution is 7.80. The standard InChI is InChI=1S/C10H14ClNO2S/c11-7-2-1-6(5-8(7)12)10(14)9(13)3-4-15/h1-2,5,9-10,13-15H,3-4,12H2. The summed E-state index contributed by atoms with van der Waals surface area (Å²) in [6.45, 7) is 0. The molecule has 0 heterocycles. The molecule has 0 aliphatic carbocycles. The van der Waals surface area contributed by atoms with Crippen LogP contribution >= 0.6 is 24.2 Å². The maximum Gasteiger partial charge on any atom is 0.105 e. The number of hydrogen-bond donors (Lipinski definition) is 4. The van der Waals surface area contributed by atoms with Crippen molar-refractivity contribution in [3.05, 3.63) is 28.8 Å². The summed E-state index contributed by atoms with van der Waals surface area (Å²) in [5, 5.41) is 19.8. The Labute approximate surface area is 99.3 Å². The molecule has 0 fully saturated rings. The number of thiol groups is 1. The first kappa shape index (κ1) is 12.6. The second-order valence-corrected chi connectivity index (χ2v) is 4.16. The van der Waals surface area contributed by atoms with Gasteiger partial charge in [0.05, 0.1) is 16.8 Å². The third-order valence-corrected chi connectivity index (χ3v) is 2.75. The lowest BCUT2D eigenvalue weighted by Crippen LogP contribution is -2.18. The van der Waals surface area contributed by atoms with Crippen molar-refractivity contribution >= 4 is 29.9 Å². The van der Waals surface area contributed by atoms with Crippen LogP contribution < -0.4 is 5.73 Å². The van der Waals surface area contributed by atoms with Gasteiger partial charge in [0.1, 0.15) is 6.10 Å². The second-order valence-electron chi connectivity index (χ2n) is 3.31. The van der Waals surface area contributed by atoms with Crippen LogP contribution in [-0.4, -0.2) is 22.1 Å². The molecule has 0 aliphatic heterocycles. The maximum atomic E-state index is 9.75. The molecule has 0 saturated heterocycles. The van der Waals surface area contributed by atoms with Gasteiger partial charge in [0, 0.05) is 0 Å². The molecule has 0 saturated carbocycles. The lowest BCUT2D eigenvalue weighted by atomic mass is 10.0. The van der Waals surface area contributed by atoms with Crippen molar-refractivity contribution in [3.8, 4) is 0 Å². The van der Waals surface area contributed by atoms with Crippen LogP contribution in [0.2, 0.25) is 5.02 Å². The minimum Gasteiger partial charge on any atom is -0.398 e. The van der Waals surface area contributed by atoms with Gasteiger partial charge in [0.25, 0.3) is 0 Å². The van der Waals surface area contributed by atoms with E-state index in [0.29, 0.717) is 28.4 Å². The van der Waals surface area contributed by atoms with E-state index in [9.17, 15) is 10.2 Å². The van der Waals surface area contributed by atoms with E-state index in [1.165, 1.54) is 0 Å². The number of aliphatic hydroxyl groups is 2. The Hall–Kier alpha value is -0.420. The number of hydrogen-bond acceptors (Lipinski definition) is 4. The molecule has 0 amide bonds. The van der Waals surface area contributed by atoms with Gasteiger partial charge >= 0.3 is 0 Å². The van der Waals surface area contributed by atoms with Gasteiger partial charge in [-0.05, 0) is 29.9 Å². The number of halogens is 1. The van der Waals surface area contributed by atoms with E-state index in [2.05, 4.69) is 12.6 Å². The first-order valence-electron chi connectivity index (χ1n) is 4.58. The topological polar surface area (TPSA) is 66.5 Å². The molecule has 5 heteroatoms. The van der Waals surface area contributed by atoms with Crippen LogP contribution in [0.25, 0.3) is 0 Å². The van der Waals surface area contributed by atoms with Crippen molar-refractivity contribution in [1.29, 1.82) is 0 Å². The highest BCUT2D eigenvalue weighted by Gasteiger charge is 2.17. The fourth-order valence-corrected chi connectivity index (χ4v) is 1.64. The lowest BCUT2D eigenvalue weighted by molar-refractivity contribution is 0.0173. The summed E-state index contributed by atoms with van der Waals surface area (Å²) in [5.74, 6) is 0.515. The van der Waals surface area contributed by atoms with Crippen molar-refractivity contribution in [2.24, 2.45) is 0 Å². The maximum absolute atomic E-state index is 9.75. The smallest absolute Gasteiger partial charge is 0.105 e. The van der Waals surface area contributed by atoms with E-state index in [4.69, 9.17) is 17.3 Å². The lowest BCUT2D eigenvalue weighted by Gasteiger charge is -2.17.